The van der Waals surface area contributed by atoms with Gasteiger partial charge in [0.1, 0.15) is 5.75 Å². The molecule has 1 aliphatic heterocycles. The average Bonchev–Trinajstić information content (AvgIpc) is 2.53. The van der Waals surface area contributed by atoms with E-state index < -0.39 is 0 Å². The molecule has 1 aromatic rings. The van der Waals surface area contributed by atoms with Gasteiger partial charge >= 0.3 is 0 Å². The van der Waals surface area contributed by atoms with Crippen LogP contribution in [0.2, 0.25) is 0 Å². The first-order valence-electron chi connectivity index (χ1n) is 7.45. The van der Waals surface area contributed by atoms with E-state index in [0.717, 1.165) is 30.6 Å². The first kappa shape index (κ1) is 15.8. The van der Waals surface area contributed by atoms with Crippen LogP contribution >= 0.6 is 0 Å². The molecule has 0 saturated heterocycles. The molecule has 1 aromatic carbocycles. The minimum Gasteiger partial charge on any atom is -0.497 e. The summed E-state index contributed by atoms with van der Waals surface area (Å²) in [5.41, 5.74) is 1.16. The SMILES string of the molecule is C=CC[C@@H]1C=CC[C@@H](CCOCc2ccc(OC)cc2)O1. The highest BCUT2D eigenvalue weighted by molar-refractivity contribution is 5.26. The molecule has 0 unspecified atom stereocenters. The minimum absolute atomic E-state index is 0.183. The lowest BCUT2D eigenvalue weighted by atomic mass is 10.1. The number of ether oxygens (including phenoxy) is 3. The van der Waals surface area contributed by atoms with Gasteiger partial charge in [0.25, 0.3) is 0 Å². The standard InChI is InChI=1S/C18H24O3/c1-3-5-17-6-4-7-18(21-17)12-13-20-14-15-8-10-16(19-2)11-9-15/h3-4,6,8-11,17-18H,1,5,7,12-14H2,2H3/t17-,18+/m1/s1. The third kappa shape index (κ3) is 5.37. The summed E-state index contributed by atoms with van der Waals surface area (Å²) in [6, 6.07) is 7.96. The van der Waals surface area contributed by atoms with E-state index in [0.29, 0.717) is 13.2 Å². The molecule has 1 heterocycles. The van der Waals surface area contributed by atoms with E-state index >= 15 is 0 Å². The third-order valence-electron chi connectivity index (χ3n) is 3.53. The molecule has 3 heteroatoms. The Morgan fingerprint density at radius 1 is 1.33 bits per heavy atom. The molecule has 0 aliphatic carbocycles. The Labute approximate surface area is 127 Å². The molecule has 0 radical (unpaired) electrons. The van der Waals surface area contributed by atoms with E-state index in [1.807, 2.05) is 30.3 Å². The molecule has 2 rings (SSSR count). The van der Waals surface area contributed by atoms with Gasteiger partial charge in [-0.3, -0.25) is 0 Å². The zero-order valence-corrected chi connectivity index (χ0v) is 12.7. The van der Waals surface area contributed by atoms with Crippen molar-refractivity contribution in [3.8, 4) is 5.75 Å². The van der Waals surface area contributed by atoms with E-state index in [4.69, 9.17) is 14.2 Å². The van der Waals surface area contributed by atoms with Crippen LogP contribution in [0.1, 0.15) is 24.8 Å². The summed E-state index contributed by atoms with van der Waals surface area (Å²) >= 11 is 0. The largest absolute Gasteiger partial charge is 0.497 e. The summed E-state index contributed by atoms with van der Waals surface area (Å²) < 4.78 is 16.8. The number of hydrogen-bond donors (Lipinski definition) is 0. The molecule has 114 valence electrons. The smallest absolute Gasteiger partial charge is 0.118 e. The van der Waals surface area contributed by atoms with Crippen LogP contribution in [-0.4, -0.2) is 25.9 Å². The van der Waals surface area contributed by atoms with Crippen molar-refractivity contribution in [2.75, 3.05) is 13.7 Å². The Hall–Kier alpha value is -1.58. The topological polar surface area (TPSA) is 27.7 Å². The fourth-order valence-electron chi connectivity index (χ4n) is 2.34. The van der Waals surface area contributed by atoms with Crippen LogP contribution < -0.4 is 4.74 Å². The van der Waals surface area contributed by atoms with Crippen LogP contribution in [0.15, 0.2) is 49.1 Å². The van der Waals surface area contributed by atoms with Gasteiger partial charge in [0.05, 0.1) is 25.9 Å². The summed E-state index contributed by atoms with van der Waals surface area (Å²) in [5, 5.41) is 0. The normalized spacial score (nSPS) is 21.2. The zero-order valence-electron chi connectivity index (χ0n) is 12.7. The predicted molar refractivity (Wildman–Crippen MR) is 84.5 cm³/mol. The van der Waals surface area contributed by atoms with E-state index in [2.05, 4.69) is 18.7 Å². The molecular weight excluding hydrogens is 264 g/mol. The highest BCUT2D eigenvalue weighted by atomic mass is 16.5. The maximum absolute atomic E-state index is 5.95. The van der Waals surface area contributed by atoms with Gasteiger partial charge in [0.2, 0.25) is 0 Å². The van der Waals surface area contributed by atoms with Gasteiger partial charge in [-0.1, -0.05) is 30.4 Å². The summed E-state index contributed by atoms with van der Waals surface area (Å²) in [6.45, 7) is 5.09. The number of rotatable bonds is 8. The second-order valence-electron chi connectivity index (χ2n) is 5.17. The van der Waals surface area contributed by atoms with Crippen LogP contribution in [0.4, 0.5) is 0 Å². The van der Waals surface area contributed by atoms with Crippen molar-refractivity contribution >= 4 is 0 Å². The van der Waals surface area contributed by atoms with Crippen LogP contribution in [-0.2, 0) is 16.1 Å². The van der Waals surface area contributed by atoms with Gasteiger partial charge in [0, 0.05) is 6.61 Å². The van der Waals surface area contributed by atoms with Crippen molar-refractivity contribution in [2.45, 2.75) is 38.1 Å². The molecule has 0 fully saturated rings. The molecule has 0 amide bonds. The van der Waals surface area contributed by atoms with Crippen molar-refractivity contribution in [3.63, 3.8) is 0 Å². The van der Waals surface area contributed by atoms with Crippen molar-refractivity contribution in [2.24, 2.45) is 0 Å². The summed E-state index contributed by atoms with van der Waals surface area (Å²) in [5.74, 6) is 0.870. The fraction of sp³-hybridized carbons (Fsp3) is 0.444. The van der Waals surface area contributed by atoms with E-state index in [-0.39, 0.29) is 12.2 Å². The minimum atomic E-state index is 0.183. The number of methoxy groups -OCH3 is 1. The quantitative estimate of drug-likeness (QED) is 0.536. The van der Waals surface area contributed by atoms with Gasteiger partial charge < -0.3 is 14.2 Å². The lowest BCUT2D eigenvalue weighted by Crippen LogP contribution is -2.24. The highest BCUT2D eigenvalue weighted by Crippen LogP contribution is 2.18. The summed E-state index contributed by atoms with van der Waals surface area (Å²) in [4.78, 5) is 0. The van der Waals surface area contributed by atoms with E-state index in [1.54, 1.807) is 7.11 Å². The lowest BCUT2D eigenvalue weighted by molar-refractivity contribution is -0.0151. The summed E-state index contributed by atoms with van der Waals surface area (Å²) in [6.07, 6.45) is 9.44. The van der Waals surface area contributed by atoms with Gasteiger partial charge in [-0.05, 0) is 37.0 Å². The zero-order chi connectivity index (χ0) is 14.9. The third-order valence-corrected chi connectivity index (χ3v) is 3.53. The highest BCUT2D eigenvalue weighted by Gasteiger charge is 2.16. The molecule has 0 aromatic heterocycles. The van der Waals surface area contributed by atoms with Crippen molar-refractivity contribution < 1.29 is 14.2 Å². The second kappa shape index (κ2) is 8.65. The molecule has 0 N–H and O–H groups in total. The molecule has 21 heavy (non-hydrogen) atoms. The maximum atomic E-state index is 5.95. The van der Waals surface area contributed by atoms with Crippen molar-refractivity contribution in [1.29, 1.82) is 0 Å². The first-order chi connectivity index (χ1) is 10.3. The van der Waals surface area contributed by atoms with Crippen LogP contribution in [0, 0.1) is 0 Å². The fourth-order valence-corrected chi connectivity index (χ4v) is 2.34. The second-order valence-corrected chi connectivity index (χ2v) is 5.17. The van der Waals surface area contributed by atoms with Gasteiger partial charge in [-0.15, -0.1) is 6.58 Å². The first-order valence-corrected chi connectivity index (χ1v) is 7.45. The Morgan fingerprint density at radius 2 is 2.14 bits per heavy atom. The number of benzene rings is 1. The maximum Gasteiger partial charge on any atom is 0.118 e. The van der Waals surface area contributed by atoms with Gasteiger partial charge in [0.15, 0.2) is 0 Å². The summed E-state index contributed by atoms with van der Waals surface area (Å²) in [7, 11) is 1.67. The van der Waals surface area contributed by atoms with Crippen LogP contribution in [0.5, 0.6) is 5.75 Å². The van der Waals surface area contributed by atoms with Crippen LogP contribution in [0.3, 0.4) is 0 Å². The molecule has 0 bridgehead atoms. The van der Waals surface area contributed by atoms with E-state index in [1.165, 1.54) is 0 Å². The Morgan fingerprint density at radius 3 is 2.86 bits per heavy atom. The lowest BCUT2D eigenvalue weighted by Gasteiger charge is -2.25. The molecular formula is C18H24O3. The van der Waals surface area contributed by atoms with E-state index in [9.17, 15) is 0 Å². The molecule has 2 atom stereocenters. The van der Waals surface area contributed by atoms with Crippen molar-refractivity contribution in [1.82, 2.24) is 0 Å². The van der Waals surface area contributed by atoms with Gasteiger partial charge in [-0.25, -0.2) is 0 Å². The Kier molecular flexibility index (Phi) is 6.51. The predicted octanol–water partition coefficient (Wildman–Crippen LogP) is 3.89. The molecule has 1 aliphatic rings. The van der Waals surface area contributed by atoms with Gasteiger partial charge in [-0.2, -0.15) is 0 Å². The molecule has 0 spiro atoms. The molecule has 3 nitrogen and oxygen atoms in total. The monoisotopic (exact) mass is 288 g/mol. The number of hydrogen-bond acceptors (Lipinski definition) is 3. The van der Waals surface area contributed by atoms with Crippen LogP contribution in [0.25, 0.3) is 0 Å². The average molecular weight is 288 g/mol. The Bertz CT molecular complexity index is 450. The molecule has 0 saturated carbocycles. The van der Waals surface area contributed by atoms with Crippen molar-refractivity contribution in [3.05, 3.63) is 54.6 Å². The Balaban J connectivity index is 1.65.